The second-order valence-corrected chi connectivity index (χ2v) is 6.68. The number of benzene rings is 1. The molecule has 3 rings (SSSR count). The van der Waals surface area contributed by atoms with E-state index in [-0.39, 0.29) is 5.91 Å². The van der Waals surface area contributed by atoms with Gasteiger partial charge in [-0.1, -0.05) is 29.3 Å². The zero-order valence-corrected chi connectivity index (χ0v) is 15.7. The number of nitrogens with one attached hydrogen (secondary N) is 2. The van der Waals surface area contributed by atoms with Crippen molar-refractivity contribution in [1.82, 2.24) is 9.88 Å². The Hall–Kier alpha value is -1.86. The van der Waals surface area contributed by atoms with Crippen LogP contribution in [0, 0.1) is 0 Å². The molecule has 26 heavy (non-hydrogen) atoms. The lowest BCUT2D eigenvalue weighted by Gasteiger charge is -2.26. The van der Waals surface area contributed by atoms with E-state index in [1.165, 1.54) is 6.20 Å². The summed E-state index contributed by atoms with van der Waals surface area (Å²) in [4.78, 5) is 18.9. The van der Waals surface area contributed by atoms with Crippen molar-refractivity contribution in [3.63, 3.8) is 0 Å². The Morgan fingerprint density at radius 1 is 1.23 bits per heavy atom. The number of carbonyl (C=O) groups excluding carboxylic acids is 1. The molecule has 0 unspecified atom stereocenters. The maximum Gasteiger partial charge on any atom is 0.257 e. The van der Waals surface area contributed by atoms with Gasteiger partial charge < -0.3 is 15.4 Å². The summed E-state index contributed by atoms with van der Waals surface area (Å²) in [6.45, 7) is 5.14. The number of carbonyl (C=O) groups is 1. The molecule has 0 saturated carbocycles. The highest BCUT2D eigenvalue weighted by molar-refractivity contribution is 6.44. The Morgan fingerprint density at radius 3 is 2.85 bits per heavy atom. The molecule has 0 spiro atoms. The van der Waals surface area contributed by atoms with Crippen molar-refractivity contribution in [2.24, 2.45) is 0 Å². The molecule has 2 aromatic rings. The lowest BCUT2D eigenvalue weighted by Crippen LogP contribution is -2.39. The zero-order chi connectivity index (χ0) is 18.4. The Kier molecular flexibility index (Phi) is 6.68. The van der Waals surface area contributed by atoms with Crippen LogP contribution in [0.25, 0.3) is 0 Å². The van der Waals surface area contributed by atoms with Crippen molar-refractivity contribution in [2.75, 3.05) is 50.0 Å². The van der Waals surface area contributed by atoms with Gasteiger partial charge in [-0.15, -0.1) is 0 Å². The molecule has 1 aromatic carbocycles. The predicted octanol–water partition coefficient (Wildman–Crippen LogP) is 3.38. The standard InChI is InChI=1S/C18H20Cl2N4O2/c19-15-2-1-3-16(17(15)20)23-18(25)13-10-14(12-21-11-13)22-4-5-24-6-8-26-9-7-24/h1-3,10-12,22H,4-9H2,(H,23,25). The number of morpholine rings is 1. The quantitative estimate of drug-likeness (QED) is 0.785. The van der Waals surface area contributed by atoms with Crippen molar-refractivity contribution in [3.05, 3.63) is 52.3 Å². The molecule has 0 atom stereocenters. The Morgan fingerprint density at radius 2 is 2.04 bits per heavy atom. The topological polar surface area (TPSA) is 66.5 Å². The van der Waals surface area contributed by atoms with Gasteiger partial charge >= 0.3 is 0 Å². The molecule has 8 heteroatoms. The Labute approximate surface area is 162 Å². The second kappa shape index (κ2) is 9.19. The number of amides is 1. The first kappa shape index (κ1) is 18.9. The molecule has 1 aromatic heterocycles. The van der Waals surface area contributed by atoms with Gasteiger partial charge in [0.25, 0.3) is 5.91 Å². The predicted molar refractivity (Wildman–Crippen MR) is 104 cm³/mol. The molecule has 1 saturated heterocycles. The van der Waals surface area contributed by atoms with Gasteiger partial charge in [-0.25, -0.2) is 0 Å². The molecule has 138 valence electrons. The van der Waals surface area contributed by atoms with Gasteiger partial charge in [-0.3, -0.25) is 14.7 Å². The van der Waals surface area contributed by atoms with Gasteiger partial charge in [0.15, 0.2) is 0 Å². The number of pyridine rings is 1. The summed E-state index contributed by atoms with van der Waals surface area (Å²) in [5.41, 5.74) is 1.70. The lowest BCUT2D eigenvalue weighted by molar-refractivity contribution is 0.0398. The minimum atomic E-state index is -0.293. The van der Waals surface area contributed by atoms with Crippen LogP contribution in [-0.4, -0.2) is 55.2 Å². The number of ether oxygens (including phenoxy) is 1. The fraction of sp³-hybridized carbons (Fsp3) is 0.333. The Bertz CT molecular complexity index is 767. The number of aromatic nitrogens is 1. The summed E-state index contributed by atoms with van der Waals surface area (Å²) >= 11 is 12.1. The van der Waals surface area contributed by atoms with Crippen LogP contribution < -0.4 is 10.6 Å². The van der Waals surface area contributed by atoms with Crippen molar-refractivity contribution in [1.29, 1.82) is 0 Å². The summed E-state index contributed by atoms with van der Waals surface area (Å²) in [5, 5.41) is 6.76. The van der Waals surface area contributed by atoms with Crippen LogP contribution >= 0.6 is 23.2 Å². The SMILES string of the molecule is O=C(Nc1cccc(Cl)c1Cl)c1cncc(NCCN2CCOCC2)c1. The third-order valence-corrected chi connectivity index (χ3v) is 4.88. The van der Waals surface area contributed by atoms with Gasteiger partial charge in [0.1, 0.15) is 0 Å². The highest BCUT2D eigenvalue weighted by Gasteiger charge is 2.12. The fourth-order valence-electron chi connectivity index (χ4n) is 2.64. The number of anilines is 2. The minimum Gasteiger partial charge on any atom is -0.382 e. The van der Waals surface area contributed by atoms with Crippen molar-refractivity contribution in [2.45, 2.75) is 0 Å². The molecule has 2 N–H and O–H groups in total. The summed E-state index contributed by atoms with van der Waals surface area (Å²) in [7, 11) is 0. The summed E-state index contributed by atoms with van der Waals surface area (Å²) in [6.07, 6.45) is 3.21. The van der Waals surface area contributed by atoms with Gasteiger partial charge in [0.2, 0.25) is 0 Å². The maximum atomic E-state index is 12.4. The van der Waals surface area contributed by atoms with E-state index in [0.29, 0.717) is 21.3 Å². The van der Waals surface area contributed by atoms with E-state index in [4.69, 9.17) is 27.9 Å². The number of hydrogen-bond acceptors (Lipinski definition) is 5. The third-order valence-electron chi connectivity index (χ3n) is 4.06. The first-order valence-corrected chi connectivity index (χ1v) is 9.13. The average molecular weight is 395 g/mol. The van der Waals surface area contributed by atoms with E-state index in [9.17, 15) is 4.79 Å². The van der Waals surface area contributed by atoms with Crippen LogP contribution in [0.2, 0.25) is 10.0 Å². The highest BCUT2D eigenvalue weighted by atomic mass is 35.5. The van der Waals surface area contributed by atoms with Gasteiger partial charge in [0.05, 0.1) is 40.2 Å². The molecule has 1 fully saturated rings. The van der Waals surface area contributed by atoms with E-state index < -0.39 is 0 Å². The van der Waals surface area contributed by atoms with Crippen LogP contribution in [-0.2, 0) is 4.74 Å². The largest absolute Gasteiger partial charge is 0.382 e. The van der Waals surface area contributed by atoms with Gasteiger partial charge in [-0.05, 0) is 18.2 Å². The average Bonchev–Trinajstić information content (AvgIpc) is 2.66. The number of hydrogen-bond donors (Lipinski definition) is 2. The van der Waals surface area contributed by atoms with E-state index in [1.54, 1.807) is 30.5 Å². The molecule has 6 nitrogen and oxygen atoms in total. The summed E-state index contributed by atoms with van der Waals surface area (Å²) in [5.74, 6) is -0.293. The molecule has 0 bridgehead atoms. The van der Waals surface area contributed by atoms with E-state index >= 15 is 0 Å². The van der Waals surface area contributed by atoms with Gasteiger partial charge in [-0.2, -0.15) is 0 Å². The van der Waals surface area contributed by atoms with Gasteiger partial charge in [0, 0.05) is 38.6 Å². The fourth-order valence-corrected chi connectivity index (χ4v) is 2.99. The monoisotopic (exact) mass is 394 g/mol. The molecule has 1 aliphatic heterocycles. The smallest absolute Gasteiger partial charge is 0.257 e. The maximum absolute atomic E-state index is 12.4. The van der Waals surface area contributed by atoms with E-state index in [2.05, 4.69) is 20.5 Å². The molecular weight excluding hydrogens is 375 g/mol. The van der Waals surface area contributed by atoms with Crippen molar-refractivity contribution < 1.29 is 9.53 Å². The molecule has 1 aliphatic rings. The van der Waals surface area contributed by atoms with Crippen molar-refractivity contribution in [3.8, 4) is 0 Å². The lowest BCUT2D eigenvalue weighted by atomic mass is 10.2. The van der Waals surface area contributed by atoms with Crippen LogP contribution in [0.15, 0.2) is 36.7 Å². The third kappa shape index (κ3) is 5.08. The molecule has 0 aliphatic carbocycles. The van der Waals surface area contributed by atoms with E-state index in [0.717, 1.165) is 45.1 Å². The minimum absolute atomic E-state index is 0.293. The van der Waals surface area contributed by atoms with Crippen LogP contribution in [0.5, 0.6) is 0 Å². The zero-order valence-electron chi connectivity index (χ0n) is 14.2. The Balaban J connectivity index is 1.57. The molecule has 1 amide bonds. The van der Waals surface area contributed by atoms with Crippen LogP contribution in [0.4, 0.5) is 11.4 Å². The molecule has 0 radical (unpaired) electrons. The number of halogens is 2. The normalized spacial score (nSPS) is 14.8. The first-order valence-electron chi connectivity index (χ1n) is 8.38. The van der Waals surface area contributed by atoms with Crippen LogP contribution in [0.3, 0.4) is 0 Å². The second-order valence-electron chi connectivity index (χ2n) is 5.90. The molecule has 2 heterocycles. The van der Waals surface area contributed by atoms with Crippen LogP contribution in [0.1, 0.15) is 10.4 Å². The highest BCUT2D eigenvalue weighted by Crippen LogP contribution is 2.29. The number of nitrogens with zero attached hydrogens (tertiary/aromatic N) is 2. The number of rotatable bonds is 6. The summed E-state index contributed by atoms with van der Waals surface area (Å²) < 4.78 is 5.34. The summed E-state index contributed by atoms with van der Waals surface area (Å²) in [6, 6.07) is 6.86. The van der Waals surface area contributed by atoms with Crippen molar-refractivity contribution >= 4 is 40.5 Å². The van der Waals surface area contributed by atoms with E-state index in [1.807, 2.05) is 0 Å². The first-order chi connectivity index (χ1) is 12.6. The molecular formula is C18H20Cl2N4O2.